The van der Waals surface area contributed by atoms with Crippen LogP contribution in [0.4, 0.5) is 0 Å². The molecule has 0 aromatic heterocycles. The SMILES string of the molecule is CN(Cc1ccc(CN)cc1Br)C1CC1. The van der Waals surface area contributed by atoms with Crippen LogP contribution in [-0.2, 0) is 13.1 Å². The minimum absolute atomic E-state index is 0.608. The summed E-state index contributed by atoms with van der Waals surface area (Å²) in [6.45, 7) is 1.63. The van der Waals surface area contributed by atoms with Crippen molar-refractivity contribution < 1.29 is 0 Å². The third kappa shape index (κ3) is 2.80. The van der Waals surface area contributed by atoms with Crippen LogP contribution < -0.4 is 5.73 Å². The molecule has 1 aromatic rings. The quantitative estimate of drug-likeness (QED) is 0.910. The molecule has 0 aliphatic heterocycles. The highest BCUT2D eigenvalue weighted by Crippen LogP contribution is 2.28. The van der Waals surface area contributed by atoms with Gasteiger partial charge in [0, 0.05) is 23.6 Å². The molecule has 1 saturated carbocycles. The summed E-state index contributed by atoms with van der Waals surface area (Å²) >= 11 is 3.60. The highest BCUT2D eigenvalue weighted by Gasteiger charge is 2.26. The van der Waals surface area contributed by atoms with Gasteiger partial charge in [-0.15, -0.1) is 0 Å². The van der Waals surface area contributed by atoms with Crippen molar-refractivity contribution in [2.45, 2.75) is 32.0 Å². The van der Waals surface area contributed by atoms with Gasteiger partial charge in [0.15, 0.2) is 0 Å². The van der Waals surface area contributed by atoms with Gasteiger partial charge in [0.05, 0.1) is 0 Å². The van der Waals surface area contributed by atoms with E-state index in [2.05, 4.69) is 46.1 Å². The number of rotatable bonds is 4. The van der Waals surface area contributed by atoms with Gasteiger partial charge < -0.3 is 5.73 Å². The van der Waals surface area contributed by atoms with E-state index in [0.29, 0.717) is 6.54 Å². The Labute approximate surface area is 99.6 Å². The molecule has 0 spiro atoms. The van der Waals surface area contributed by atoms with E-state index in [0.717, 1.165) is 12.6 Å². The Kier molecular flexibility index (Phi) is 3.44. The Morgan fingerprint density at radius 2 is 2.20 bits per heavy atom. The average molecular weight is 269 g/mol. The van der Waals surface area contributed by atoms with Crippen molar-refractivity contribution in [1.82, 2.24) is 4.90 Å². The van der Waals surface area contributed by atoms with Crippen LogP contribution in [0.3, 0.4) is 0 Å². The zero-order chi connectivity index (χ0) is 10.8. The molecule has 3 heteroatoms. The highest BCUT2D eigenvalue weighted by molar-refractivity contribution is 9.10. The van der Waals surface area contributed by atoms with Gasteiger partial charge in [-0.2, -0.15) is 0 Å². The van der Waals surface area contributed by atoms with E-state index in [-0.39, 0.29) is 0 Å². The topological polar surface area (TPSA) is 29.3 Å². The van der Waals surface area contributed by atoms with Crippen LogP contribution in [-0.4, -0.2) is 18.0 Å². The fourth-order valence-electron chi connectivity index (χ4n) is 1.76. The number of nitrogens with two attached hydrogens (primary N) is 1. The van der Waals surface area contributed by atoms with Gasteiger partial charge >= 0.3 is 0 Å². The third-order valence-corrected chi connectivity index (χ3v) is 3.68. The Balaban J connectivity index is 2.07. The second-order valence-electron chi connectivity index (χ2n) is 4.28. The summed E-state index contributed by atoms with van der Waals surface area (Å²) in [6, 6.07) is 7.22. The van der Waals surface area contributed by atoms with Crippen molar-refractivity contribution in [3.8, 4) is 0 Å². The molecule has 1 fully saturated rings. The lowest BCUT2D eigenvalue weighted by Gasteiger charge is -2.17. The van der Waals surface area contributed by atoms with Gasteiger partial charge in [0.2, 0.25) is 0 Å². The van der Waals surface area contributed by atoms with E-state index >= 15 is 0 Å². The zero-order valence-electron chi connectivity index (χ0n) is 9.04. The molecule has 1 aliphatic carbocycles. The molecule has 15 heavy (non-hydrogen) atoms. The second kappa shape index (κ2) is 4.64. The molecule has 0 atom stereocenters. The molecule has 2 nitrogen and oxygen atoms in total. The first-order valence-electron chi connectivity index (χ1n) is 5.38. The van der Waals surface area contributed by atoms with E-state index in [1.54, 1.807) is 0 Å². The Hall–Kier alpha value is -0.380. The van der Waals surface area contributed by atoms with Gasteiger partial charge in [-0.3, -0.25) is 4.90 Å². The summed E-state index contributed by atoms with van der Waals surface area (Å²) in [5, 5.41) is 0. The fraction of sp³-hybridized carbons (Fsp3) is 0.500. The highest BCUT2D eigenvalue weighted by atomic mass is 79.9. The molecular formula is C12H17BrN2. The van der Waals surface area contributed by atoms with E-state index in [1.165, 1.54) is 28.4 Å². The molecule has 82 valence electrons. The molecular weight excluding hydrogens is 252 g/mol. The van der Waals surface area contributed by atoms with Crippen molar-refractivity contribution in [3.63, 3.8) is 0 Å². The maximum atomic E-state index is 5.60. The Bertz CT molecular complexity index is 347. The van der Waals surface area contributed by atoms with Gasteiger partial charge in [-0.25, -0.2) is 0 Å². The average Bonchev–Trinajstić information content (AvgIpc) is 3.04. The fourth-order valence-corrected chi connectivity index (χ4v) is 2.31. The van der Waals surface area contributed by atoms with Crippen molar-refractivity contribution in [2.24, 2.45) is 5.73 Å². The smallest absolute Gasteiger partial charge is 0.0244 e. The van der Waals surface area contributed by atoms with Gasteiger partial charge in [0.25, 0.3) is 0 Å². The van der Waals surface area contributed by atoms with Gasteiger partial charge in [0.1, 0.15) is 0 Å². The first-order chi connectivity index (χ1) is 7.20. The van der Waals surface area contributed by atoms with E-state index in [4.69, 9.17) is 5.73 Å². The van der Waals surface area contributed by atoms with Crippen LogP contribution in [0, 0.1) is 0 Å². The van der Waals surface area contributed by atoms with E-state index in [9.17, 15) is 0 Å². The number of nitrogens with zero attached hydrogens (tertiary/aromatic N) is 1. The van der Waals surface area contributed by atoms with Gasteiger partial charge in [-0.1, -0.05) is 28.1 Å². The Morgan fingerprint density at radius 1 is 1.47 bits per heavy atom. The largest absolute Gasteiger partial charge is 0.326 e. The normalized spacial score (nSPS) is 16.0. The maximum Gasteiger partial charge on any atom is 0.0244 e. The predicted octanol–water partition coefficient (Wildman–Crippen LogP) is 2.50. The summed E-state index contributed by atoms with van der Waals surface area (Å²) in [4.78, 5) is 2.42. The molecule has 0 saturated heterocycles. The van der Waals surface area contributed by atoms with Crippen LogP contribution >= 0.6 is 15.9 Å². The molecule has 0 amide bonds. The third-order valence-electron chi connectivity index (χ3n) is 2.94. The molecule has 1 aliphatic rings. The summed E-state index contributed by atoms with van der Waals surface area (Å²) in [5.74, 6) is 0. The number of benzene rings is 1. The van der Waals surface area contributed by atoms with Crippen molar-refractivity contribution in [3.05, 3.63) is 33.8 Å². The summed E-state index contributed by atoms with van der Waals surface area (Å²) in [5.41, 5.74) is 8.13. The minimum atomic E-state index is 0.608. The lowest BCUT2D eigenvalue weighted by Crippen LogP contribution is -2.20. The van der Waals surface area contributed by atoms with Crippen LogP contribution in [0.5, 0.6) is 0 Å². The standard InChI is InChI=1S/C12H17BrN2/c1-15(11-4-5-11)8-10-3-2-9(7-14)6-12(10)13/h2-3,6,11H,4-5,7-8,14H2,1H3. The monoisotopic (exact) mass is 268 g/mol. The van der Waals surface area contributed by atoms with Gasteiger partial charge in [-0.05, 0) is 37.1 Å². The summed E-state index contributed by atoms with van der Waals surface area (Å²) in [6.07, 6.45) is 2.71. The van der Waals surface area contributed by atoms with Crippen LogP contribution in [0.1, 0.15) is 24.0 Å². The molecule has 2 N–H and O–H groups in total. The number of halogens is 1. The first-order valence-corrected chi connectivity index (χ1v) is 6.17. The lowest BCUT2D eigenvalue weighted by molar-refractivity contribution is 0.316. The zero-order valence-corrected chi connectivity index (χ0v) is 10.6. The first kappa shape index (κ1) is 11.1. The molecule has 0 unspecified atom stereocenters. The van der Waals surface area contributed by atoms with Crippen molar-refractivity contribution >= 4 is 15.9 Å². The molecule has 0 heterocycles. The Morgan fingerprint density at radius 3 is 2.73 bits per heavy atom. The van der Waals surface area contributed by atoms with Crippen molar-refractivity contribution in [2.75, 3.05) is 7.05 Å². The molecule has 0 radical (unpaired) electrons. The van der Waals surface area contributed by atoms with E-state index < -0.39 is 0 Å². The van der Waals surface area contributed by atoms with E-state index in [1.807, 2.05) is 0 Å². The number of hydrogen-bond donors (Lipinski definition) is 1. The predicted molar refractivity (Wildman–Crippen MR) is 66.5 cm³/mol. The summed E-state index contributed by atoms with van der Waals surface area (Å²) in [7, 11) is 2.20. The molecule has 2 rings (SSSR count). The lowest BCUT2D eigenvalue weighted by atomic mass is 10.1. The molecule has 0 bridgehead atoms. The molecule has 1 aromatic carbocycles. The van der Waals surface area contributed by atoms with Crippen LogP contribution in [0.15, 0.2) is 22.7 Å². The second-order valence-corrected chi connectivity index (χ2v) is 5.13. The summed E-state index contributed by atoms with van der Waals surface area (Å²) < 4.78 is 1.18. The van der Waals surface area contributed by atoms with Crippen LogP contribution in [0.2, 0.25) is 0 Å². The van der Waals surface area contributed by atoms with Crippen LogP contribution in [0.25, 0.3) is 0 Å². The minimum Gasteiger partial charge on any atom is -0.326 e. The number of hydrogen-bond acceptors (Lipinski definition) is 2. The van der Waals surface area contributed by atoms with Crippen molar-refractivity contribution in [1.29, 1.82) is 0 Å². The maximum absolute atomic E-state index is 5.60.